The van der Waals surface area contributed by atoms with Crippen LogP contribution in [0.1, 0.15) is 42.6 Å². The average Bonchev–Trinajstić information content (AvgIpc) is 2.37. The van der Waals surface area contributed by atoms with Gasteiger partial charge in [-0.3, -0.25) is 9.36 Å². The first-order valence-corrected chi connectivity index (χ1v) is 6.69. The first-order chi connectivity index (χ1) is 9.40. The van der Waals surface area contributed by atoms with Gasteiger partial charge in [-0.2, -0.15) is 4.98 Å². The molecule has 0 radical (unpaired) electrons. The molecular weight excluding hydrogens is 260 g/mol. The third-order valence-electron chi connectivity index (χ3n) is 3.46. The van der Waals surface area contributed by atoms with Gasteiger partial charge in [0.05, 0.1) is 5.92 Å². The van der Waals surface area contributed by atoms with Crippen LogP contribution in [0.3, 0.4) is 0 Å². The van der Waals surface area contributed by atoms with Crippen LogP contribution in [0.5, 0.6) is 0 Å². The number of carboxylic acids is 1. The lowest BCUT2D eigenvalue weighted by Crippen LogP contribution is -2.29. The topological polar surface area (TPSA) is 81.4 Å². The van der Waals surface area contributed by atoms with Gasteiger partial charge in [-0.25, -0.2) is 4.79 Å². The molecule has 0 saturated carbocycles. The Kier molecular flexibility index (Phi) is 5.88. The highest BCUT2D eigenvalue weighted by Crippen LogP contribution is 2.21. The number of unbranched alkanes of at least 4 members (excludes halogenated alkanes) is 1. The molecule has 1 aromatic rings. The molecule has 1 heterocycles. The number of ether oxygens (including phenoxy) is 1. The minimum absolute atomic E-state index is 0.321. The number of carbonyl (C=O) groups is 1. The molecule has 0 aliphatic heterocycles. The van der Waals surface area contributed by atoms with Crippen molar-refractivity contribution in [3.8, 4) is 0 Å². The van der Waals surface area contributed by atoms with Crippen LogP contribution < -0.4 is 5.69 Å². The minimum atomic E-state index is -0.914. The smallest absolute Gasteiger partial charge is 0.347 e. The molecule has 0 fully saturated rings. The van der Waals surface area contributed by atoms with Crippen LogP contribution in [0, 0.1) is 13.8 Å². The second-order valence-corrected chi connectivity index (χ2v) is 4.89. The van der Waals surface area contributed by atoms with E-state index in [1.165, 1.54) is 0 Å². The number of aromatic nitrogens is 2. The number of nitrogens with zero attached hydrogens (tertiary/aromatic N) is 2. The number of aliphatic carboxylic acids is 1. The summed E-state index contributed by atoms with van der Waals surface area (Å²) in [4.78, 5) is 27.1. The lowest BCUT2D eigenvalue weighted by Gasteiger charge is -2.17. The Morgan fingerprint density at radius 1 is 1.40 bits per heavy atom. The van der Waals surface area contributed by atoms with Crippen molar-refractivity contribution >= 4 is 5.97 Å². The third-order valence-corrected chi connectivity index (χ3v) is 3.46. The Hall–Kier alpha value is -1.69. The highest BCUT2D eigenvalue weighted by atomic mass is 16.5. The second kappa shape index (κ2) is 7.19. The van der Waals surface area contributed by atoms with E-state index >= 15 is 0 Å². The zero-order valence-corrected chi connectivity index (χ0v) is 12.5. The van der Waals surface area contributed by atoms with Crippen LogP contribution in [-0.4, -0.2) is 34.3 Å². The van der Waals surface area contributed by atoms with Crippen LogP contribution in [0.25, 0.3) is 0 Å². The van der Waals surface area contributed by atoms with E-state index in [0.29, 0.717) is 30.1 Å². The van der Waals surface area contributed by atoms with Gasteiger partial charge in [-0.15, -0.1) is 0 Å². The largest absolute Gasteiger partial charge is 0.481 e. The van der Waals surface area contributed by atoms with E-state index in [-0.39, 0.29) is 5.69 Å². The summed E-state index contributed by atoms with van der Waals surface area (Å²) in [6.07, 6.45) is 1.64. The maximum atomic E-state index is 11.9. The van der Waals surface area contributed by atoms with E-state index in [4.69, 9.17) is 9.84 Å². The van der Waals surface area contributed by atoms with Crippen LogP contribution in [0.15, 0.2) is 4.79 Å². The summed E-state index contributed by atoms with van der Waals surface area (Å²) >= 11 is 0. The highest BCUT2D eigenvalue weighted by molar-refractivity contribution is 5.76. The first-order valence-electron chi connectivity index (χ1n) is 6.69. The van der Waals surface area contributed by atoms with Gasteiger partial charge in [-0.1, -0.05) is 0 Å². The molecule has 112 valence electrons. The van der Waals surface area contributed by atoms with E-state index < -0.39 is 11.9 Å². The quantitative estimate of drug-likeness (QED) is 0.766. The molecule has 0 saturated heterocycles. The Balaban J connectivity index is 3.09. The summed E-state index contributed by atoms with van der Waals surface area (Å²) < 4.78 is 6.53. The van der Waals surface area contributed by atoms with Gasteiger partial charge in [0.2, 0.25) is 0 Å². The Labute approximate surface area is 118 Å². The molecule has 20 heavy (non-hydrogen) atoms. The molecule has 6 heteroatoms. The van der Waals surface area contributed by atoms with Crippen molar-refractivity contribution in [1.29, 1.82) is 0 Å². The fourth-order valence-electron chi connectivity index (χ4n) is 2.34. The summed E-state index contributed by atoms with van der Waals surface area (Å²) in [6.45, 7) is 6.24. The standard InChI is InChI=1S/C14H22N2O4/c1-9(13(17)18)12-10(2)15-14(19)16(11(12)3)7-5-6-8-20-4/h9H,5-8H2,1-4H3,(H,17,18). The third kappa shape index (κ3) is 3.66. The first kappa shape index (κ1) is 16.4. The highest BCUT2D eigenvalue weighted by Gasteiger charge is 2.21. The van der Waals surface area contributed by atoms with Crippen molar-refractivity contribution in [2.24, 2.45) is 0 Å². The van der Waals surface area contributed by atoms with Gasteiger partial charge in [0.15, 0.2) is 0 Å². The molecule has 0 amide bonds. The lowest BCUT2D eigenvalue weighted by atomic mass is 9.98. The van der Waals surface area contributed by atoms with Crippen molar-refractivity contribution in [2.45, 2.75) is 46.1 Å². The number of aryl methyl sites for hydroxylation is 1. The summed E-state index contributed by atoms with van der Waals surface area (Å²) in [5.74, 6) is -1.59. The molecule has 0 bridgehead atoms. The van der Waals surface area contributed by atoms with Gasteiger partial charge >= 0.3 is 11.7 Å². The van der Waals surface area contributed by atoms with Crippen LogP contribution in [0.4, 0.5) is 0 Å². The van der Waals surface area contributed by atoms with E-state index in [9.17, 15) is 9.59 Å². The molecular formula is C14H22N2O4. The number of hydrogen-bond donors (Lipinski definition) is 1. The van der Waals surface area contributed by atoms with Crippen molar-refractivity contribution in [3.63, 3.8) is 0 Å². The van der Waals surface area contributed by atoms with Crippen LogP contribution >= 0.6 is 0 Å². The predicted molar refractivity (Wildman–Crippen MR) is 75.1 cm³/mol. The van der Waals surface area contributed by atoms with Gasteiger partial charge < -0.3 is 9.84 Å². The van der Waals surface area contributed by atoms with Gasteiger partial charge in [0, 0.05) is 37.2 Å². The summed E-state index contributed by atoms with van der Waals surface area (Å²) in [6, 6.07) is 0. The summed E-state index contributed by atoms with van der Waals surface area (Å²) in [5, 5.41) is 9.16. The molecule has 1 atom stereocenters. The summed E-state index contributed by atoms with van der Waals surface area (Å²) in [5.41, 5.74) is 1.49. The van der Waals surface area contributed by atoms with Crippen molar-refractivity contribution in [2.75, 3.05) is 13.7 Å². The van der Waals surface area contributed by atoms with Crippen molar-refractivity contribution in [3.05, 3.63) is 27.4 Å². The molecule has 6 nitrogen and oxygen atoms in total. The normalized spacial score (nSPS) is 12.4. The molecule has 1 rings (SSSR count). The zero-order valence-electron chi connectivity index (χ0n) is 12.5. The SMILES string of the molecule is COCCCCn1c(C)c(C(C)C(=O)O)c(C)nc1=O. The Morgan fingerprint density at radius 2 is 2.05 bits per heavy atom. The average molecular weight is 282 g/mol. The molecule has 1 N–H and O–H groups in total. The molecule has 1 aromatic heterocycles. The monoisotopic (exact) mass is 282 g/mol. The fraction of sp³-hybridized carbons (Fsp3) is 0.643. The summed E-state index contributed by atoms with van der Waals surface area (Å²) in [7, 11) is 1.64. The number of hydrogen-bond acceptors (Lipinski definition) is 4. The van der Waals surface area contributed by atoms with E-state index in [1.54, 1.807) is 32.4 Å². The zero-order chi connectivity index (χ0) is 15.3. The van der Waals surface area contributed by atoms with Gasteiger partial charge in [-0.05, 0) is 33.6 Å². The lowest BCUT2D eigenvalue weighted by molar-refractivity contribution is -0.138. The molecule has 0 aliphatic rings. The maximum Gasteiger partial charge on any atom is 0.347 e. The predicted octanol–water partition coefficient (Wildman–Crippen LogP) is 1.47. The molecule has 0 aromatic carbocycles. The molecule has 0 aliphatic carbocycles. The van der Waals surface area contributed by atoms with Crippen molar-refractivity contribution < 1.29 is 14.6 Å². The van der Waals surface area contributed by atoms with E-state index in [0.717, 1.165) is 12.8 Å². The van der Waals surface area contributed by atoms with Crippen LogP contribution in [0.2, 0.25) is 0 Å². The number of carboxylic acid groups (broad SMARTS) is 1. The van der Waals surface area contributed by atoms with Crippen molar-refractivity contribution in [1.82, 2.24) is 9.55 Å². The Bertz CT molecular complexity index is 537. The van der Waals surface area contributed by atoms with Gasteiger partial charge in [0.25, 0.3) is 0 Å². The molecule has 0 spiro atoms. The minimum Gasteiger partial charge on any atom is -0.481 e. The number of methoxy groups -OCH3 is 1. The molecule has 1 unspecified atom stereocenters. The Morgan fingerprint density at radius 3 is 2.60 bits per heavy atom. The van der Waals surface area contributed by atoms with E-state index in [2.05, 4.69) is 4.98 Å². The fourth-order valence-corrected chi connectivity index (χ4v) is 2.34. The van der Waals surface area contributed by atoms with Crippen LogP contribution in [-0.2, 0) is 16.1 Å². The maximum absolute atomic E-state index is 11.9. The number of rotatable bonds is 7. The van der Waals surface area contributed by atoms with Gasteiger partial charge in [0.1, 0.15) is 0 Å². The van der Waals surface area contributed by atoms with E-state index in [1.807, 2.05) is 0 Å². The second-order valence-electron chi connectivity index (χ2n) is 4.89.